The summed E-state index contributed by atoms with van der Waals surface area (Å²) in [6, 6.07) is 3.95. The van der Waals surface area contributed by atoms with E-state index in [0.717, 1.165) is 19.1 Å². The molecule has 0 aliphatic carbocycles. The van der Waals surface area contributed by atoms with Crippen molar-refractivity contribution in [3.8, 4) is 0 Å². The minimum Gasteiger partial charge on any atom is -0.338 e. The Morgan fingerprint density at radius 3 is 2.45 bits per heavy atom. The zero-order valence-electron chi connectivity index (χ0n) is 11.0. The summed E-state index contributed by atoms with van der Waals surface area (Å²) in [6.45, 7) is 3.02. The number of halogens is 1. The summed E-state index contributed by atoms with van der Waals surface area (Å²) in [4.78, 5) is 22.3. The first kappa shape index (κ1) is 16.1. The van der Waals surface area contributed by atoms with E-state index < -0.39 is 37.7 Å². The predicted octanol–water partition coefficient (Wildman–Crippen LogP) is 0.834. The van der Waals surface area contributed by atoms with Gasteiger partial charge in [-0.05, 0) is 26.0 Å². The second-order valence-electron chi connectivity index (χ2n) is 3.97. The molecule has 0 radical (unpaired) electrons. The summed E-state index contributed by atoms with van der Waals surface area (Å²) in [6.07, 6.45) is 0. The molecule has 1 rings (SSSR count). The summed E-state index contributed by atoms with van der Waals surface area (Å²) >= 11 is 0. The molecule has 110 valence electrons. The van der Waals surface area contributed by atoms with Crippen molar-refractivity contribution in [1.29, 1.82) is 0 Å². The molecule has 1 atom stereocenters. The Kier molecular flexibility index (Phi) is 5.20. The molecule has 1 aromatic carbocycles. The van der Waals surface area contributed by atoms with Crippen LogP contribution >= 0.6 is 0 Å². The molecule has 2 N–H and O–H groups in total. The van der Waals surface area contributed by atoms with Gasteiger partial charge in [-0.3, -0.25) is 10.1 Å². The highest BCUT2D eigenvalue weighted by molar-refractivity contribution is 7.92. The minimum absolute atomic E-state index is 0.285. The van der Waals surface area contributed by atoms with Gasteiger partial charge in [0.05, 0.1) is 0 Å². The highest BCUT2D eigenvalue weighted by Gasteiger charge is 2.32. The third kappa shape index (κ3) is 3.53. The number of urea groups is 1. The predicted molar refractivity (Wildman–Crippen MR) is 70.3 cm³/mol. The van der Waals surface area contributed by atoms with Crippen molar-refractivity contribution in [3.05, 3.63) is 30.1 Å². The molecule has 0 saturated carbocycles. The number of rotatable bonds is 4. The van der Waals surface area contributed by atoms with E-state index in [1.165, 1.54) is 12.1 Å². The maximum absolute atomic E-state index is 13.5. The van der Waals surface area contributed by atoms with E-state index in [0.29, 0.717) is 0 Å². The molecule has 0 saturated heterocycles. The molecule has 8 heteroatoms. The Labute approximate surface area is 116 Å². The van der Waals surface area contributed by atoms with Gasteiger partial charge < -0.3 is 5.32 Å². The topological polar surface area (TPSA) is 92.3 Å². The quantitative estimate of drug-likeness (QED) is 0.862. The van der Waals surface area contributed by atoms with Crippen LogP contribution in [0.5, 0.6) is 0 Å². The molecular formula is C12H15FN2O4S. The summed E-state index contributed by atoms with van der Waals surface area (Å²) in [7, 11) is -4.20. The highest BCUT2D eigenvalue weighted by atomic mass is 32.2. The normalized spacial score (nSPS) is 12.6. The molecule has 0 aliphatic heterocycles. The van der Waals surface area contributed by atoms with Crippen LogP contribution in [0, 0.1) is 5.82 Å². The van der Waals surface area contributed by atoms with Crippen LogP contribution in [0.4, 0.5) is 9.18 Å². The highest BCUT2D eigenvalue weighted by Crippen LogP contribution is 2.19. The summed E-state index contributed by atoms with van der Waals surface area (Å²) in [5, 5.41) is 2.60. The van der Waals surface area contributed by atoms with Crippen LogP contribution in [0.25, 0.3) is 0 Å². The standard InChI is InChI=1S/C12H15FN2O4S/c1-3-14-12(17)15-11(16)8(2)20(18,19)10-7-5-4-6-9(10)13/h4-8H,3H2,1-2H3,(H2,14,15,16,17). The Bertz CT molecular complexity index is 616. The van der Waals surface area contributed by atoms with Gasteiger partial charge in [-0.2, -0.15) is 0 Å². The summed E-state index contributed by atoms with van der Waals surface area (Å²) in [5.74, 6) is -1.95. The van der Waals surface area contributed by atoms with E-state index in [4.69, 9.17) is 0 Å². The first-order valence-electron chi connectivity index (χ1n) is 5.87. The molecule has 0 aliphatic rings. The molecule has 0 heterocycles. The number of carbonyl (C=O) groups excluding carboxylic acids is 2. The maximum atomic E-state index is 13.5. The lowest BCUT2D eigenvalue weighted by atomic mass is 10.3. The third-order valence-corrected chi connectivity index (χ3v) is 4.64. The molecule has 0 spiro atoms. The van der Waals surface area contributed by atoms with Gasteiger partial charge >= 0.3 is 6.03 Å². The second-order valence-corrected chi connectivity index (χ2v) is 6.20. The van der Waals surface area contributed by atoms with Crippen LogP contribution in [-0.4, -0.2) is 32.2 Å². The molecule has 0 aromatic heterocycles. The monoisotopic (exact) mass is 302 g/mol. The van der Waals surface area contributed by atoms with E-state index >= 15 is 0 Å². The summed E-state index contributed by atoms with van der Waals surface area (Å²) in [5.41, 5.74) is 0. The van der Waals surface area contributed by atoms with Crippen molar-refractivity contribution in [3.63, 3.8) is 0 Å². The Hall–Kier alpha value is -1.96. The third-order valence-electron chi connectivity index (χ3n) is 2.55. The first-order chi connectivity index (χ1) is 9.30. The number of sulfone groups is 1. The van der Waals surface area contributed by atoms with Gasteiger partial charge in [0.1, 0.15) is 16.0 Å². The SMILES string of the molecule is CCNC(=O)NC(=O)C(C)S(=O)(=O)c1ccccc1F. The molecule has 3 amide bonds. The van der Waals surface area contributed by atoms with Gasteiger partial charge in [0.25, 0.3) is 0 Å². The number of benzene rings is 1. The fraction of sp³-hybridized carbons (Fsp3) is 0.333. The smallest absolute Gasteiger partial charge is 0.321 e. The number of hydrogen-bond acceptors (Lipinski definition) is 4. The van der Waals surface area contributed by atoms with Crippen LogP contribution < -0.4 is 10.6 Å². The van der Waals surface area contributed by atoms with Crippen molar-refractivity contribution in [2.75, 3.05) is 6.54 Å². The molecule has 1 aromatic rings. The fourth-order valence-electron chi connectivity index (χ4n) is 1.43. The van der Waals surface area contributed by atoms with E-state index in [9.17, 15) is 22.4 Å². The Morgan fingerprint density at radius 1 is 1.30 bits per heavy atom. The molecule has 0 fully saturated rings. The first-order valence-corrected chi connectivity index (χ1v) is 7.42. The molecular weight excluding hydrogens is 287 g/mol. The van der Waals surface area contributed by atoms with E-state index in [1.807, 2.05) is 5.32 Å². The number of hydrogen-bond donors (Lipinski definition) is 2. The van der Waals surface area contributed by atoms with Gasteiger partial charge in [0.15, 0.2) is 9.84 Å². The summed E-state index contributed by atoms with van der Waals surface area (Å²) < 4.78 is 37.7. The Balaban J connectivity index is 2.96. The second kappa shape index (κ2) is 6.47. The zero-order chi connectivity index (χ0) is 15.3. The van der Waals surface area contributed by atoms with Crippen LogP contribution in [0.3, 0.4) is 0 Å². The van der Waals surface area contributed by atoms with Gasteiger partial charge in [-0.25, -0.2) is 17.6 Å². The number of amides is 3. The molecule has 1 unspecified atom stereocenters. The lowest BCUT2D eigenvalue weighted by molar-refractivity contribution is -0.119. The van der Waals surface area contributed by atoms with Crippen LogP contribution in [0.15, 0.2) is 29.2 Å². The van der Waals surface area contributed by atoms with Crippen LogP contribution in [0.2, 0.25) is 0 Å². The molecule has 6 nitrogen and oxygen atoms in total. The van der Waals surface area contributed by atoms with Crippen molar-refractivity contribution in [2.24, 2.45) is 0 Å². The van der Waals surface area contributed by atoms with Gasteiger partial charge in [0, 0.05) is 6.54 Å². The van der Waals surface area contributed by atoms with Gasteiger partial charge in [-0.1, -0.05) is 12.1 Å². The maximum Gasteiger partial charge on any atom is 0.321 e. The average Bonchev–Trinajstić information content (AvgIpc) is 2.38. The number of imide groups is 1. The Morgan fingerprint density at radius 2 is 1.90 bits per heavy atom. The van der Waals surface area contributed by atoms with E-state index in [2.05, 4.69) is 5.32 Å². The lowest BCUT2D eigenvalue weighted by Crippen LogP contribution is -2.45. The zero-order valence-corrected chi connectivity index (χ0v) is 11.8. The van der Waals surface area contributed by atoms with Crippen molar-refractivity contribution in [2.45, 2.75) is 24.0 Å². The molecule has 20 heavy (non-hydrogen) atoms. The largest absolute Gasteiger partial charge is 0.338 e. The van der Waals surface area contributed by atoms with Crippen LogP contribution in [0.1, 0.15) is 13.8 Å². The fourth-order valence-corrected chi connectivity index (χ4v) is 2.75. The average molecular weight is 302 g/mol. The molecule has 0 bridgehead atoms. The number of carbonyl (C=O) groups is 2. The van der Waals surface area contributed by atoms with Crippen molar-refractivity contribution < 1.29 is 22.4 Å². The lowest BCUT2D eigenvalue weighted by Gasteiger charge is -2.13. The number of nitrogens with one attached hydrogen (secondary N) is 2. The van der Waals surface area contributed by atoms with Crippen molar-refractivity contribution in [1.82, 2.24) is 10.6 Å². The van der Waals surface area contributed by atoms with Crippen LogP contribution in [-0.2, 0) is 14.6 Å². The van der Waals surface area contributed by atoms with Gasteiger partial charge in [-0.15, -0.1) is 0 Å². The van der Waals surface area contributed by atoms with Crippen molar-refractivity contribution >= 4 is 21.8 Å². The minimum atomic E-state index is -4.20. The van der Waals surface area contributed by atoms with Gasteiger partial charge in [0.2, 0.25) is 5.91 Å². The van der Waals surface area contributed by atoms with E-state index in [1.54, 1.807) is 6.92 Å². The van der Waals surface area contributed by atoms with E-state index in [-0.39, 0.29) is 6.54 Å².